The molecule has 8 nitrogen and oxygen atoms in total. The number of carbonyl (C=O) groups is 1. The molecule has 0 aliphatic carbocycles. The van der Waals surface area contributed by atoms with Crippen molar-refractivity contribution in [2.45, 2.75) is 17.7 Å². The lowest BCUT2D eigenvalue weighted by Crippen LogP contribution is -2.52. The predicted octanol–water partition coefficient (Wildman–Crippen LogP) is 2.85. The molecule has 12 heteroatoms. The van der Waals surface area contributed by atoms with Crippen molar-refractivity contribution in [2.24, 2.45) is 0 Å². The SMILES string of the molecule is COCc1cccc(NS(=O)(=O)c2ccc(OC)c(N3CCN(C(=O)C(F)(F)F)CC3)c2)c1. The Balaban J connectivity index is 1.81. The first-order valence-electron chi connectivity index (χ1n) is 9.95. The van der Waals surface area contributed by atoms with E-state index in [1.54, 1.807) is 29.2 Å². The third-order valence-electron chi connectivity index (χ3n) is 5.10. The topological polar surface area (TPSA) is 88.2 Å². The molecule has 0 radical (unpaired) electrons. The molecule has 1 heterocycles. The lowest BCUT2D eigenvalue weighted by atomic mass is 10.2. The van der Waals surface area contributed by atoms with Crippen LogP contribution in [-0.4, -0.2) is 65.8 Å². The molecule has 1 saturated heterocycles. The zero-order chi connectivity index (χ0) is 24.2. The zero-order valence-electron chi connectivity index (χ0n) is 18.1. The predicted molar refractivity (Wildman–Crippen MR) is 116 cm³/mol. The number of nitrogens with one attached hydrogen (secondary N) is 1. The molecule has 0 aromatic heterocycles. The fraction of sp³-hybridized carbons (Fsp3) is 0.381. The minimum absolute atomic E-state index is 0.0377. The van der Waals surface area contributed by atoms with Gasteiger partial charge in [0.25, 0.3) is 10.0 Å². The number of alkyl halides is 3. The number of hydrogen-bond acceptors (Lipinski definition) is 6. The minimum Gasteiger partial charge on any atom is -0.495 e. The molecular weight excluding hydrogens is 463 g/mol. The van der Waals surface area contributed by atoms with Crippen molar-refractivity contribution in [1.29, 1.82) is 0 Å². The summed E-state index contributed by atoms with van der Waals surface area (Å²) in [5.74, 6) is -1.52. The van der Waals surface area contributed by atoms with Crippen LogP contribution in [0.5, 0.6) is 5.75 Å². The number of nitrogens with zero attached hydrogens (tertiary/aromatic N) is 2. The first-order chi connectivity index (χ1) is 15.5. The van der Waals surface area contributed by atoms with Crippen LogP contribution >= 0.6 is 0 Å². The largest absolute Gasteiger partial charge is 0.495 e. The average molecular weight is 488 g/mol. The van der Waals surface area contributed by atoms with Crippen molar-refractivity contribution in [2.75, 3.05) is 50.0 Å². The normalized spacial score (nSPS) is 14.8. The average Bonchev–Trinajstić information content (AvgIpc) is 2.78. The minimum atomic E-state index is -4.93. The van der Waals surface area contributed by atoms with Gasteiger partial charge in [-0.1, -0.05) is 12.1 Å². The number of ether oxygens (including phenoxy) is 2. The Bertz CT molecular complexity index is 1100. The number of rotatable bonds is 7. The van der Waals surface area contributed by atoms with E-state index < -0.39 is 22.1 Å². The van der Waals surface area contributed by atoms with Gasteiger partial charge in [-0.15, -0.1) is 0 Å². The Labute approximate surface area is 189 Å². The molecule has 33 heavy (non-hydrogen) atoms. The van der Waals surface area contributed by atoms with Gasteiger partial charge in [-0.25, -0.2) is 8.42 Å². The van der Waals surface area contributed by atoms with Gasteiger partial charge in [0.2, 0.25) is 0 Å². The molecule has 0 spiro atoms. The molecule has 1 amide bonds. The highest BCUT2D eigenvalue weighted by molar-refractivity contribution is 7.92. The molecule has 1 fully saturated rings. The van der Waals surface area contributed by atoms with Crippen LogP contribution in [0.15, 0.2) is 47.4 Å². The van der Waals surface area contributed by atoms with Crippen LogP contribution in [0.4, 0.5) is 24.5 Å². The van der Waals surface area contributed by atoms with Crippen LogP contribution in [0.25, 0.3) is 0 Å². The Morgan fingerprint density at radius 2 is 1.76 bits per heavy atom. The quantitative estimate of drug-likeness (QED) is 0.646. The smallest absolute Gasteiger partial charge is 0.471 e. The van der Waals surface area contributed by atoms with Gasteiger partial charge >= 0.3 is 12.1 Å². The Morgan fingerprint density at radius 3 is 2.36 bits per heavy atom. The van der Waals surface area contributed by atoms with Crippen LogP contribution in [0, 0.1) is 0 Å². The monoisotopic (exact) mass is 487 g/mol. The van der Waals surface area contributed by atoms with Gasteiger partial charge in [-0.3, -0.25) is 9.52 Å². The number of halogens is 3. The van der Waals surface area contributed by atoms with Gasteiger partial charge < -0.3 is 19.3 Å². The van der Waals surface area contributed by atoms with Crippen molar-refractivity contribution >= 4 is 27.3 Å². The molecule has 3 rings (SSSR count). The fourth-order valence-electron chi connectivity index (χ4n) is 3.52. The van der Waals surface area contributed by atoms with Gasteiger partial charge in [0.05, 0.1) is 24.3 Å². The van der Waals surface area contributed by atoms with Crippen molar-refractivity contribution in [3.63, 3.8) is 0 Å². The second-order valence-electron chi connectivity index (χ2n) is 7.35. The number of benzene rings is 2. The summed E-state index contributed by atoms with van der Waals surface area (Å²) in [5.41, 5.74) is 1.56. The molecule has 2 aromatic rings. The van der Waals surface area contributed by atoms with Crippen molar-refractivity contribution in [1.82, 2.24) is 4.90 Å². The maximum absolute atomic E-state index is 13.0. The summed E-state index contributed by atoms with van der Waals surface area (Å²) in [6.45, 7) is 0.208. The molecule has 0 bridgehead atoms. The summed E-state index contributed by atoms with van der Waals surface area (Å²) < 4.78 is 77.0. The summed E-state index contributed by atoms with van der Waals surface area (Å²) >= 11 is 0. The van der Waals surface area contributed by atoms with E-state index in [0.717, 1.165) is 10.5 Å². The molecule has 2 aromatic carbocycles. The molecule has 1 aliphatic rings. The molecular formula is C21H24F3N3O5S. The maximum Gasteiger partial charge on any atom is 0.471 e. The van der Waals surface area contributed by atoms with Crippen LogP contribution in [0.2, 0.25) is 0 Å². The summed E-state index contributed by atoms with van der Waals surface area (Å²) in [7, 11) is -1.01. The summed E-state index contributed by atoms with van der Waals surface area (Å²) in [5, 5.41) is 0. The van der Waals surface area contributed by atoms with E-state index in [9.17, 15) is 26.4 Å². The maximum atomic E-state index is 13.0. The fourth-order valence-corrected chi connectivity index (χ4v) is 4.59. The first-order valence-corrected chi connectivity index (χ1v) is 11.4. The first kappa shape index (κ1) is 24.6. The van der Waals surface area contributed by atoms with Crippen LogP contribution < -0.4 is 14.4 Å². The van der Waals surface area contributed by atoms with Gasteiger partial charge in [0.15, 0.2) is 0 Å². The molecule has 1 N–H and O–H groups in total. The van der Waals surface area contributed by atoms with Crippen molar-refractivity contribution in [3.8, 4) is 5.75 Å². The number of anilines is 2. The number of methoxy groups -OCH3 is 2. The van der Waals surface area contributed by atoms with Crippen molar-refractivity contribution in [3.05, 3.63) is 48.0 Å². The molecule has 0 saturated carbocycles. The Morgan fingerprint density at radius 1 is 1.06 bits per heavy atom. The van der Waals surface area contributed by atoms with Gasteiger partial charge in [0.1, 0.15) is 5.75 Å². The van der Waals surface area contributed by atoms with Crippen molar-refractivity contribution < 1.29 is 35.9 Å². The Kier molecular flexibility index (Phi) is 7.38. The number of hydrogen-bond donors (Lipinski definition) is 1. The van der Waals surface area contributed by atoms with E-state index in [1.165, 1.54) is 32.4 Å². The lowest BCUT2D eigenvalue weighted by molar-refractivity contribution is -0.185. The highest BCUT2D eigenvalue weighted by Crippen LogP contribution is 2.33. The van der Waals surface area contributed by atoms with E-state index in [2.05, 4.69) is 4.72 Å². The second kappa shape index (κ2) is 9.87. The van der Waals surface area contributed by atoms with E-state index in [0.29, 0.717) is 23.7 Å². The number of sulfonamides is 1. The third kappa shape index (κ3) is 5.88. The van der Waals surface area contributed by atoms with Crippen LogP contribution in [0.3, 0.4) is 0 Å². The number of amides is 1. The van der Waals surface area contributed by atoms with E-state index in [1.807, 2.05) is 0 Å². The second-order valence-corrected chi connectivity index (χ2v) is 9.03. The Hall–Kier alpha value is -2.99. The van der Waals surface area contributed by atoms with Gasteiger partial charge in [0, 0.05) is 39.0 Å². The molecule has 180 valence electrons. The highest BCUT2D eigenvalue weighted by Gasteiger charge is 2.43. The standard InChI is InChI=1S/C21H24F3N3O5S/c1-31-14-15-4-3-5-16(12-15)25-33(29,30)17-6-7-19(32-2)18(13-17)26-8-10-27(11-9-26)20(28)21(22,23)24/h3-7,12-13,25H,8-11,14H2,1-2H3. The number of carbonyl (C=O) groups excluding carboxylic acids is 1. The third-order valence-corrected chi connectivity index (χ3v) is 6.48. The zero-order valence-corrected chi connectivity index (χ0v) is 18.9. The van der Waals surface area contributed by atoms with Crippen LogP contribution in [0.1, 0.15) is 5.56 Å². The van der Waals surface area contributed by atoms with E-state index in [4.69, 9.17) is 9.47 Å². The molecule has 0 atom stereocenters. The summed E-state index contributed by atoms with van der Waals surface area (Å²) in [6.07, 6.45) is -4.93. The summed E-state index contributed by atoms with van der Waals surface area (Å²) in [6, 6.07) is 11.0. The van der Waals surface area contributed by atoms with E-state index in [-0.39, 0.29) is 31.1 Å². The number of piperazine rings is 1. The van der Waals surface area contributed by atoms with Crippen LogP contribution in [-0.2, 0) is 26.2 Å². The van der Waals surface area contributed by atoms with Gasteiger partial charge in [-0.2, -0.15) is 13.2 Å². The molecule has 0 unspecified atom stereocenters. The highest BCUT2D eigenvalue weighted by atomic mass is 32.2. The van der Waals surface area contributed by atoms with Gasteiger partial charge in [-0.05, 0) is 35.9 Å². The summed E-state index contributed by atoms with van der Waals surface area (Å²) in [4.78, 5) is 13.9. The van der Waals surface area contributed by atoms with E-state index >= 15 is 0 Å². The lowest BCUT2D eigenvalue weighted by Gasteiger charge is -2.36. The molecule has 1 aliphatic heterocycles.